The number of anilines is 2. The molecule has 0 aliphatic rings. The average molecular weight is 342 g/mol. The van der Waals surface area contributed by atoms with Gasteiger partial charge in [-0.15, -0.1) is 0 Å². The average Bonchev–Trinajstić information content (AvgIpc) is 2.20. The van der Waals surface area contributed by atoms with Crippen molar-refractivity contribution in [3.63, 3.8) is 0 Å². The smallest absolute Gasteiger partial charge is 0.229 e. The van der Waals surface area contributed by atoms with Crippen LogP contribution in [0.5, 0.6) is 0 Å². The van der Waals surface area contributed by atoms with Crippen molar-refractivity contribution in [2.24, 2.45) is 10.8 Å². The first-order chi connectivity index (χ1) is 10.3. The molecule has 5 nitrogen and oxygen atoms in total. The van der Waals surface area contributed by atoms with E-state index in [1.807, 2.05) is 0 Å². The highest BCUT2D eigenvalue weighted by atomic mass is 35.5. The molecule has 6 heteroatoms. The van der Waals surface area contributed by atoms with Gasteiger partial charge in [-0.05, 0) is 49.1 Å². The number of aromatic nitrogens is 3. The Morgan fingerprint density at radius 2 is 1.13 bits per heavy atom. The summed E-state index contributed by atoms with van der Waals surface area (Å²) in [5.74, 6) is 1.04. The Morgan fingerprint density at radius 1 is 0.783 bits per heavy atom. The Kier molecular flexibility index (Phi) is 6.63. The van der Waals surface area contributed by atoms with Gasteiger partial charge < -0.3 is 10.6 Å². The quantitative estimate of drug-likeness (QED) is 0.762. The van der Waals surface area contributed by atoms with Crippen molar-refractivity contribution in [3.8, 4) is 0 Å². The number of nitrogens with zero attached hydrogens (tertiary/aromatic N) is 3. The molecule has 1 heterocycles. The number of hydrogen-bond acceptors (Lipinski definition) is 5. The first-order valence-electron chi connectivity index (χ1n) is 8.29. The topological polar surface area (TPSA) is 62.7 Å². The van der Waals surface area contributed by atoms with Crippen molar-refractivity contribution in [3.05, 3.63) is 5.28 Å². The molecular weight excluding hydrogens is 310 g/mol. The van der Waals surface area contributed by atoms with Gasteiger partial charge in [-0.3, -0.25) is 0 Å². The summed E-state index contributed by atoms with van der Waals surface area (Å²) >= 11 is 6.04. The Balaban J connectivity index is 2.75. The van der Waals surface area contributed by atoms with Crippen molar-refractivity contribution < 1.29 is 0 Å². The zero-order chi connectivity index (χ0) is 17.8. The zero-order valence-corrected chi connectivity index (χ0v) is 16.5. The molecule has 0 radical (unpaired) electrons. The van der Waals surface area contributed by atoms with E-state index in [2.05, 4.69) is 81.0 Å². The van der Waals surface area contributed by atoms with Crippen LogP contribution in [0.3, 0.4) is 0 Å². The van der Waals surface area contributed by atoms with E-state index < -0.39 is 0 Å². The Bertz CT molecular complexity index is 462. The highest BCUT2D eigenvalue weighted by Gasteiger charge is 2.18. The summed E-state index contributed by atoms with van der Waals surface area (Å²) in [6.07, 6.45) is 2.03. The summed E-state index contributed by atoms with van der Waals surface area (Å²) in [7, 11) is 0. The molecule has 2 N–H and O–H groups in total. The second kappa shape index (κ2) is 7.65. The molecule has 1 aromatic rings. The molecule has 2 atom stereocenters. The zero-order valence-electron chi connectivity index (χ0n) is 15.8. The molecule has 2 unspecified atom stereocenters. The number of rotatable bonds is 6. The standard InChI is InChI=1S/C17H32ClN5/c1-11(9-16(3,4)5)19-14-21-13(18)22-15(23-14)20-12(2)10-17(6,7)8/h11-12H,9-10H2,1-8H3,(H2,19,20,21,22,23). The van der Waals surface area contributed by atoms with Crippen LogP contribution in [0.15, 0.2) is 0 Å². The van der Waals surface area contributed by atoms with Crippen LogP contribution in [0.4, 0.5) is 11.9 Å². The fraction of sp³-hybridized carbons (Fsp3) is 0.824. The molecule has 132 valence electrons. The van der Waals surface area contributed by atoms with Crippen molar-refractivity contribution in [2.45, 2.75) is 80.3 Å². The molecule has 1 aromatic heterocycles. The minimum absolute atomic E-state index is 0.205. The summed E-state index contributed by atoms with van der Waals surface area (Å²) in [6, 6.07) is 0.515. The lowest BCUT2D eigenvalue weighted by atomic mass is 9.89. The van der Waals surface area contributed by atoms with E-state index in [0.29, 0.717) is 11.9 Å². The minimum Gasteiger partial charge on any atom is -0.352 e. The second-order valence-corrected chi connectivity index (χ2v) is 9.21. The van der Waals surface area contributed by atoms with Crippen LogP contribution < -0.4 is 10.6 Å². The summed E-state index contributed by atoms with van der Waals surface area (Å²) in [5, 5.41) is 6.83. The highest BCUT2D eigenvalue weighted by molar-refractivity contribution is 6.28. The molecule has 0 aromatic carbocycles. The molecule has 0 spiro atoms. The van der Waals surface area contributed by atoms with Gasteiger partial charge >= 0.3 is 0 Å². The second-order valence-electron chi connectivity index (χ2n) is 8.87. The lowest BCUT2D eigenvalue weighted by Gasteiger charge is -2.25. The van der Waals surface area contributed by atoms with Crippen LogP contribution in [-0.4, -0.2) is 27.0 Å². The van der Waals surface area contributed by atoms with Crippen molar-refractivity contribution in [1.29, 1.82) is 0 Å². The number of halogens is 1. The SMILES string of the molecule is CC(CC(C)(C)C)Nc1nc(Cl)nc(NC(C)CC(C)(C)C)n1. The maximum atomic E-state index is 6.04. The largest absolute Gasteiger partial charge is 0.352 e. The van der Waals surface area contributed by atoms with E-state index in [9.17, 15) is 0 Å². The van der Waals surface area contributed by atoms with E-state index in [0.717, 1.165) is 12.8 Å². The summed E-state index contributed by atoms with van der Waals surface area (Å²) < 4.78 is 0. The Hall–Kier alpha value is -1.10. The fourth-order valence-electron chi connectivity index (χ4n) is 2.86. The summed E-state index contributed by atoms with van der Waals surface area (Å²) in [5.41, 5.74) is 0.483. The lowest BCUT2D eigenvalue weighted by molar-refractivity contribution is 0.357. The number of hydrogen-bond donors (Lipinski definition) is 2. The van der Waals surface area contributed by atoms with Gasteiger partial charge in [0.05, 0.1) is 0 Å². The number of nitrogens with one attached hydrogen (secondary N) is 2. The van der Waals surface area contributed by atoms with Crippen LogP contribution in [0.25, 0.3) is 0 Å². The maximum Gasteiger partial charge on any atom is 0.229 e. The van der Waals surface area contributed by atoms with Crippen LogP contribution >= 0.6 is 11.6 Å². The normalized spacial score (nSPS) is 15.2. The molecule has 0 aliphatic heterocycles. The van der Waals surface area contributed by atoms with Gasteiger partial charge in [-0.1, -0.05) is 41.5 Å². The minimum atomic E-state index is 0.205. The summed E-state index contributed by atoms with van der Waals surface area (Å²) in [4.78, 5) is 12.8. The van der Waals surface area contributed by atoms with E-state index in [1.54, 1.807) is 0 Å². The molecule has 0 saturated carbocycles. The fourth-order valence-corrected chi connectivity index (χ4v) is 3.02. The third kappa shape index (κ3) is 8.94. The van der Waals surface area contributed by atoms with E-state index in [-0.39, 0.29) is 28.2 Å². The Labute approximate surface area is 146 Å². The van der Waals surface area contributed by atoms with Gasteiger partial charge in [0.25, 0.3) is 0 Å². The molecule has 0 amide bonds. The first-order valence-corrected chi connectivity index (χ1v) is 8.66. The van der Waals surface area contributed by atoms with E-state index in [4.69, 9.17) is 11.6 Å². The Morgan fingerprint density at radius 3 is 1.43 bits per heavy atom. The predicted molar refractivity (Wildman–Crippen MR) is 99.2 cm³/mol. The van der Waals surface area contributed by atoms with Crippen LogP contribution in [0, 0.1) is 10.8 Å². The van der Waals surface area contributed by atoms with Crippen molar-refractivity contribution >= 4 is 23.5 Å². The van der Waals surface area contributed by atoms with Gasteiger partial charge in [-0.25, -0.2) is 0 Å². The van der Waals surface area contributed by atoms with E-state index in [1.165, 1.54) is 0 Å². The molecular formula is C17H32ClN5. The molecule has 0 aliphatic carbocycles. The lowest BCUT2D eigenvalue weighted by Crippen LogP contribution is -2.25. The summed E-state index contributed by atoms with van der Waals surface area (Å²) in [6.45, 7) is 17.5. The predicted octanol–water partition coefficient (Wildman–Crippen LogP) is 5.00. The monoisotopic (exact) mass is 341 g/mol. The van der Waals surface area contributed by atoms with Crippen molar-refractivity contribution in [1.82, 2.24) is 15.0 Å². The van der Waals surface area contributed by atoms with Crippen LogP contribution in [0.2, 0.25) is 5.28 Å². The molecule has 1 rings (SSSR count). The third-order valence-corrected chi connectivity index (χ3v) is 3.37. The van der Waals surface area contributed by atoms with Gasteiger partial charge in [0.1, 0.15) is 0 Å². The highest BCUT2D eigenvalue weighted by Crippen LogP contribution is 2.24. The van der Waals surface area contributed by atoms with Gasteiger partial charge in [0.15, 0.2) is 0 Å². The van der Waals surface area contributed by atoms with Crippen molar-refractivity contribution in [2.75, 3.05) is 10.6 Å². The third-order valence-electron chi connectivity index (χ3n) is 3.20. The molecule has 0 bridgehead atoms. The molecule has 0 saturated heterocycles. The van der Waals surface area contributed by atoms with Crippen LogP contribution in [0.1, 0.15) is 68.2 Å². The van der Waals surface area contributed by atoms with Crippen LogP contribution in [-0.2, 0) is 0 Å². The van der Waals surface area contributed by atoms with Gasteiger partial charge in [0.2, 0.25) is 17.2 Å². The van der Waals surface area contributed by atoms with Gasteiger partial charge in [-0.2, -0.15) is 15.0 Å². The first kappa shape index (κ1) is 19.9. The maximum absolute atomic E-state index is 6.04. The van der Waals surface area contributed by atoms with Gasteiger partial charge in [0, 0.05) is 12.1 Å². The molecule has 0 fully saturated rings. The van der Waals surface area contributed by atoms with E-state index >= 15 is 0 Å². The molecule has 23 heavy (non-hydrogen) atoms.